The second kappa shape index (κ2) is 16.5. The van der Waals surface area contributed by atoms with Gasteiger partial charge in [0.2, 0.25) is 0 Å². The van der Waals surface area contributed by atoms with Gasteiger partial charge in [0.1, 0.15) is 0 Å². The molecule has 0 aromatic rings. The molecule has 0 aliphatic rings. The number of unbranched alkanes of at least 4 members (excludes halogenated alkanes) is 2. The minimum Gasteiger partial charge on any atom is -0.381 e. The Hall–Kier alpha value is 1.04. The molecule has 14 heavy (non-hydrogen) atoms. The predicted molar refractivity (Wildman–Crippen MR) is 52.9 cm³/mol. The molecule has 0 saturated heterocycles. The standard InChI is InChI=1S/C8H16Cl2O3.V/c9-12-7-3-1-5-11-6-2-4-8-13-10;/h1-8H2;. The Morgan fingerprint density at radius 1 is 0.643 bits per heavy atom. The Bertz CT molecular complexity index is 88.7. The van der Waals surface area contributed by atoms with Crippen molar-refractivity contribution in [3.8, 4) is 0 Å². The van der Waals surface area contributed by atoms with Crippen LogP contribution in [0.25, 0.3) is 0 Å². The fraction of sp³-hybridized carbons (Fsp3) is 1.00. The summed E-state index contributed by atoms with van der Waals surface area (Å²) in [5, 5.41) is 0. The molecule has 0 unspecified atom stereocenters. The molecule has 0 atom stereocenters. The maximum Gasteiger partial charge on any atom is 0.0683 e. The largest absolute Gasteiger partial charge is 0.381 e. The van der Waals surface area contributed by atoms with Crippen molar-refractivity contribution in [2.75, 3.05) is 26.4 Å². The van der Waals surface area contributed by atoms with Crippen LogP contribution in [0.3, 0.4) is 0 Å². The number of rotatable bonds is 10. The molecule has 0 aliphatic heterocycles. The van der Waals surface area contributed by atoms with Crippen molar-refractivity contribution in [1.82, 2.24) is 0 Å². The molecule has 1 radical (unpaired) electrons. The van der Waals surface area contributed by atoms with Crippen molar-refractivity contribution >= 4 is 23.7 Å². The quantitative estimate of drug-likeness (QED) is 0.577. The normalized spacial score (nSPS) is 9.86. The fourth-order valence-electron chi connectivity index (χ4n) is 0.824. The molecule has 0 fully saturated rings. The van der Waals surface area contributed by atoms with Crippen molar-refractivity contribution < 1.29 is 31.9 Å². The zero-order valence-electron chi connectivity index (χ0n) is 8.08. The van der Waals surface area contributed by atoms with Crippen molar-refractivity contribution in [1.29, 1.82) is 0 Å². The Morgan fingerprint density at radius 2 is 1.00 bits per heavy atom. The van der Waals surface area contributed by atoms with Gasteiger partial charge in [-0.15, -0.1) is 0 Å². The van der Waals surface area contributed by atoms with Gasteiger partial charge in [-0.25, -0.2) is 0 Å². The van der Waals surface area contributed by atoms with E-state index in [1.54, 1.807) is 0 Å². The molecule has 6 heteroatoms. The van der Waals surface area contributed by atoms with E-state index in [2.05, 4.69) is 8.58 Å². The van der Waals surface area contributed by atoms with Crippen LogP contribution in [-0.2, 0) is 31.9 Å². The van der Waals surface area contributed by atoms with E-state index >= 15 is 0 Å². The maximum atomic E-state index is 5.33. The summed E-state index contributed by atoms with van der Waals surface area (Å²) in [5.41, 5.74) is 0. The molecule has 0 N–H and O–H groups in total. The Kier molecular flexibility index (Phi) is 20.5. The van der Waals surface area contributed by atoms with Gasteiger partial charge < -0.3 is 4.74 Å². The second-order valence-electron chi connectivity index (χ2n) is 2.65. The number of hydrogen-bond acceptors (Lipinski definition) is 3. The number of halogens is 2. The van der Waals surface area contributed by atoms with Gasteiger partial charge in [0.05, 0.1) is 36.9 Å². The van der Waals surface area contributed by atoms with Gasteiger partial charge in [0, 0.05) is 31.8 Å². The number of ether oxygens (including phenoxy) is 1. The first-order chi connectivity index (χ1) is 6.41. The first-order valence-corrected chi connectivity index (χ1v) is 5.08. The minimum absolute atomic E-state index is 0. The molecule has 0 aliphatic carbocycles. The van der Waals surface area contributed by atoms with E-state index in [1.165, 1.54) is 0 Å². The molecule has 0 bridgehead atoms. The van der Waals surface area contributed by atoms with Gasteiger partial charge >= 0.3 is 0 Å². The molecule has 0 amide bonds. The monoisotopic (exact) mass is 281 g/mol. The molecule has 0 aromatic heterocycles. The summed E-state index contributed by atoms with van der Waals surface area (Å²) in [6, 6.07) is 0. The zero-order chi connectivity index (χ0) is 9.78. The van der Waals surface area contributed by atoms with Gasteiger partial charge in [-0.1, -0.05) is 0 Å². The summed E-state index contributed by atoms with van der Waals surface area (Å²) >= 11 is 10.1. The fourth-order valence-corrected chi connectivity index (χ4v) is 1.04. The topological polar surface area (TPSA) is 27.7 Å². The maximum absolute atomic E-state index is 5.33. The Labute approximate surface area is 108 Å². The Balaban J connectivity index is 0. The van der Waals surface area contributed by atoms with E-state index in [4.69, 9.17) is 28.5 Å². The van der Waals surface area contributed by atoms with E-state index in [0.717, 1.165) is 38.9 Å². The third-order valence-electron chi connectivity index (χ3n) is 1.52. The SMILES string of the molecule is ClOCCCCOCCCCOCl.[V]. The van der Waals surface area contributed by atoms with Crippen LogP contribution in [0.5, 0.6) is 0 Å². The van der Waals surface area contributed by atoms with E-state index in [-0.39, 0.29) is 18.6 Å². The van der Waals surface area contributed by atoms with E-state index in [0.29, 0.717) is 13.2 Å². The predicted octanol–water partition coefficient (Wildman–Crippen LogP) is 2.90. The van der Waals surface area contributed by atoms with Crippen LogP contribution < -0.4 is 0 Å². The molecule has 0 heterocycles. The molecule has 85 valence electrons. The summed E-state index contributed by atoms with van der Waals surface area (Å²) in [6.07, 6.45) is 3.85. The third kappa shape index (κ3) is 15.5. The molecule has 0 spiro atoms. The van der Waals surface area contributed by atoms with E-state index < -0.39 is 0 Å². The van der Waals surface area contributed by atoms with E-state index in [9.17, 15) is 0 Å². The van der Waals surface area contributed by atoms with Crippen LogP contribution in [0.4, 0.5) is 0 Å². The molecule has 0 rings (SSSR count). The van der Waals surface area contributed by atoms with Crippen LogP contribution in [0, 0.1) is 0 Å². The average Bonchev–Trinajstić information content (AvgIpc) is 2.16. The van der Waals surface area contributed by atoms with Gasteiger partial charge in [0.15, 0.2) is 0 Å². The van der Waals surface area contributed by atoms with Gasteiger partial charge in [-0.3, -0.25) is 8.58 Å². The summed E-state index contributed by atoms with van der Waals surface area (Å²) in [7, 11) is 0. The summed E-state index contributed by atoms with van der Waals surface area (Å²) in [5.74, 6) is 0. The van der Waals surface area contributed by atoms with Crippen LogP contribution in [0.15, 0.2) is 0 Å². The third-order valence-corrected chi connectivity index (χ3v) is 1.83. The molecule has 3 nitrogen and oxygen atoms in total. The van der Waals surface area contributed by atoms with Crippen molar-refractivity contribution in [2.45, 2.75) is 25.7 Å². The summed E-state index contributed by atoms with van der Waals surface area (Å²) < 4.78 is 14.1. The first kappa shape index (κ1) is 17.4. The van der Waals surface area contributed by atoms with Gasteiger partial charge in [-0.05, 0) is 25.7 Å². The average molecular weight is 282 g/mol. The minimum atomic E-state index is 0. The van der Waals surface area contributed by atoms with Gasteiger partial charge in [0.25, 0.3) is 0 Å². The summed E-state index contributed by atoms with van der Waals surface area (Å²) in [6.45, 7) is 2.71. The van der Waals surface area contributed by atoms with E-state index in [1.807, 2.05) is 0 Å². The van der Waals surface area contributed by atoms with Gasteiger partial charge in [-0.2, -0.15) is 0 Å². The summed E-state index contributed by atoms with van der Waals surface area (Å²) in [4.78, 5) is 0. The zero-order valence-corrected chi connectivity index (χ0v) is 11.0. The smallest absolute Gasteiger partial charge is 0.0683 e. The van der Waals surface area contributed by atoms with Crippen molar-refractivity contribution in [2.24, 2.45) is 0 Å². The van der Waals surface area contributed by atoms with Crippen LogP contribution >= 0.6 is 23.7 Å². The van der Waals surface area contributed by atoms with Crippen LogP contribution in [-0.4, -0.2) is 26.4 Å². The number of hydrogen-bond donors (Lipinski definition) is 0. The molecular formula is C8H16Cl2O3V. The Morgan fingerprint density at radius 3 is 1.36 bits per heavy atom. The molecule has 0 saturated carbocycles. The molecule has 0 aromatic carbocycles. The van der Waals surface area contributed by atoms with Crippen LogP contribution in [0.2, 0.25) is 0 Å². The van der Waals surface area contributed by atoms with Crippen molar-refractivity contribution in [3.05, 3.63) is 0 Å². The second-order valence-corrected chi connectivity index (χ2v) is 3.09. The molecular weight excluding hydrogens is 266 g/mol. The van der Waals surface area contributed by atoms with Crippen LogP contribution in [0.1, 0.15) is 25.7 Å². The van der Waals surface area contributed by atoms with Crippen molar-refractivity contribution in [3.63, 3.8) is 0 Å². The first-order valence-electron chi connectivity index (χ1n) is 4.46.